The molecule has 7 nitrogen and oxygen atoms in total. The molecule has 0 radical (unpaired) electrons. The van der Waals surface area contributed by atoms with Gasteiger partial charge in [-0.05, 0) is 43.9 Å². The summed E-state index contributed by atoms with van der Waals surface area (Å²) in [5.41, 5.74) is 4.60. The van der Waals surface area contributed by atoms with Gasteiger partial charge in [0.25, 0.3) is 5.91 Å². The first-order chi connectivity index (χ1) is 16.4. The van der Waals surface area contributed by atoms with Crippen LogP contribution in [0.3, 0.4) is 0 Å². The highest BCUT2D eigenvalue weighted by Gasteiger charge is 2.27. The summed E-state index contributed by atoms with van der Waals surface area (Å²) >= 11 is 1.46. The van der Waals surface area contributed by atoms with Gasteiger partial charge in [0.05, 0.1) is 16.6 Å². The Kier molecular flexibility index (Phi) is 6.07. The van der Waals surface area contributed by atoms with Crippen molar-refractivity contribution in [2.45, 2.75) is 39.2 Å². The second-order valence-corrected chi connectivity index (χ2v) is 10.3. The average Bonchev–Trinajstić information content (AvgIpc) is 3.16. The van der Waals surface area contributed by atoms with E-state index < -0.39 is 18.5 Å². The van der Waals surface area contributed by atoms with Crippen LogP contribution in [0.2, 0.25) is 0 Å². The Morgan fingerprint density at radius 1 is 1.29 bits per heavy atom. The molecule has 1 N–H and O–H groups in total. The molecule has 8 heteroatoms. The van der Waals surface area contributed by atoms with Gasteiger partial charge in [-0.2, -0.15) is 5.26 Å². The number of nitriles is 1. The molecule has 2 aromatic heterocycles. The van der Waals surface area contributed by atoms with Crippen molar-refractivity contribution in [2.75, 3.05) is 25.5 Å². The third-order valence-corrected chi connectivity index (χ3v) is 7.82. The minimum absolute atomic E-state index is 0.413. The number of pyridine rings is 1. The second-order valence-electron chi connectivity index (χ2n) is 9.21. The van der Waals surface area contributed by atoms with E-state index in [9.17, 15) is 14.9 Å². The normalized spacial score (nSPS) is 17.5. The number of benzene rings is 1. The van der Waals surface area contributed by atoms with E-state index in [-0.39, 0.29) is 0 Å². The molecule has 34 heavy (non-hydrogen) atoms. The summed E-state index contributed by atoms with van der Waals surface area (Å²) in [4.78, 5) is 34.0. The van der Waals surface area contributed by atoms with Gasteiger partial charge in [-0.25, -0.2) is 4.79 Å². The van der Waals surface area contributed by atoms with Crippen molar-refractivity contribution < 1.29 is 14.3 Å². The van der Waals surface area contributed by atoms with Crippen LogP contribution < -0.4 is 5.32 Å². The molecule has 174 valence electrons. The summed E-state index contributed by atoms with van der Waals surface area (Å²) in [5, 5.41) is 13.7. The lowest BCUT2D eigenvalue weighted by Gasteiger charge is -2.26. The third kappa shape index (κ3) is 4.17. The van der Waals surface area contributed by atoms with Crippen LogP contribution in [0, 0.1) is 17.2 Å². The third-order valence-electron chi connectivity index (χ3n) is 6.65. The first kappa shape index (κ1) is 22.5. The Labute approximate surface area is 202 Å². The van der Waals surface area contributed by atoms with Crippen molar-refractivity contribution in [3.05, 3.63) is 57.1 Å². The Morgan fingerprint density at radius 2 is 2.12 bits per heavy atom. The van der Waals surface area contributed by atoms with E-state index in [1.165, 1.54) is 16.2 Å². The number of nitrogens with zero attached hydrogens (tertiary/aromatic N) is 3. The van der Waals surface area contributed by atoms with Gasteiger partial charge in [0.15, 0.2) is 6.61 Å². The van der Waals surface area contributed by atoms with Gasteiger partial charge in [0, 0.05) is 41.0 Å². The number of rotatable bonds is 4. The number of nitrogens with one attached hydrogen (secondary N) is 1. The summed E-state index contributed by atoms with van der Waals surface area (Å²) in [6.45, 7) is 3.27. The Balaban J connectivity index is 1.35. The molecule has 0 saturated heterocycles. The van der Waals surface area contributed by atoms with Gasteiger partial charge in [0.1, 0.15) is 11.1 Å². The van der Waals surface area contributed by atoms with E-state index in [1.807, 2.05) is 31.3 Å². The van der Waals surface area contributed by atoms with Gasteiger partial charge in [-0.15, -0.1) is 11.3 Å². The van der Waals surface area contributed by atoms with Crippen LogP contribution in [0.4, 0.5) is 5.00 Å². The zero-order chi connectivity index (χ0) is 23.8. The number of hydrogen-bond donors (Lipinski definition) is 1. The Hall–Kier alpha value is -3.28. The lowest BCUT2D eigenvalue weighted by Crippen LogP contribution is -2.30. The van der Waals surface area contributed by atoms with Gasteiger partial charge in [-0.1, -0.05) is 25.1 Å². The molecule has 3 heterocycles. The number of para-hydroxylation sites is 1. The number of hydrogen-bond acceptors (Lipinski definition) is 7. The average molecular weight is 475 g/mol. The van der Waals surface area contributed by atoms with Gasteiger partial charge in [-0.3, -0.25) is 9.78 Å². The molecule has 1 aliphatic carbocycles. The maximum absolute atomic E-state index is 13.2. The first-order valence-corrected chi connectivity index (χ1v) is 12.4. The van der Waals surface area contributed by atoms with Crippen LogP contribution in [0.1, 0.15) is 51.0 Å². The maximum Gasteiger partial charge on any atom is 0.339 e. The number of likely N-dealkylation sites (N-methyl/N-ethyl adjacent to an activating group) is 1. The van der Waals surface area contributed by atoms with Crippen molar-refractivity contribution in [1.82, 2.24) is 9.88 Å². The molecule has 1 aliphatic heterocycles. The zero-order valence-corrected chi connectivity index (χ0v) is 20.1. The molecule has 0 spiro atoms. The van der Waals surface area contributed by atoms with Crippen molar-refractivity contribution in [3.63, 3.8) is 0 Å². The van der Waals surface area contributed by atoms with E-state index in [0.717, 1.165) is 60.0 Å². The number of carbonyl (C=O) groups excluding carboxylic acids is 2. The lowest BCUT2D eigenvalue weighted by molar-refractivity contribution is -0.119. The fourth-order valence-corrected chi connectivity index (χ4v) is 6.26. The molecule has 0 saturated carbocycles. The number of amides is 1. The molecule has 5 rings (SSSR count). The molecule has 3 aromatic rings. The monoisotopic (exact) mass is 474 g/mol. The van der Waals surface area contributed by atoms with Crippen LogP contribution in [0.5, 0.6) is 0 Å². The standard InChI is InChI=1S/C26H26N4O3S/c1-15-7-8-16-18(12-27)25(34-22(16)11-15)29-23(31)14-33-26(32)24-17-5-3-4-6-20(17)28-21-9-10-30(2)13-19(21)24/h3-6,15H,7-11,13-14H2,1-2H3,(H,29,31). The highest BCUT2D eigenvalue weighted by molar-refractivity contribution is 7.16. The smallest absolute Gasteiger partial charge is 0.339 e. The zero-order valence-electron chi connectivity index (χ0n) is 19.3. The van der Waals surface area contributed by atoms with Crippen molar-refractivity contribution in [1.29, 1.82) is 5.26 Å². The van der Waals surface area contributed by atoms with Gasteiger partial charge < -0.3 is 15.0 Å². The molecule has 1 unspecified atom stereocenters. The number of aromatic nitrogens is 1. The van der Waals surface area contributed by atoms with E-state index >= 15 is 0 Å². The number of esters is 1. The SMILES string of the molecule is CC1CCc2c(sc(NC(=O)COC(=O)c3c4c(nc5ccccc35)CCN(C)C4)c2C#N)C1. The fraction of sp³-hybridized carbons (Fsp3) is 0.385. The van der Waals surface area contributed by atoms with Gasteiger partial charge in [0.2, 0.25) is 0 Å². The van der Waals surface area contributed by atoms with Crippen molar-refractivity contribution in [3.8, 4) is 6.07 Å². The fourth-order valence-electron chi connectivity index (χ4n) is 4.88. The number of anilines is 1. The molecule has 1 atom stereocenters. The lowest BCUT2D eigenvalue weighted by atomic mass is 9.89. The van der Waals surface area contributed by atoms with Crippen LogP contribution in [-0.2, 0) is 35.3 Å². The van der Waals surface area contributed by atoms with E-state index in [1.54, 1.807) is 0 Å². The van der Waals surface area contributed by atoms with Crippen LogP contribution in [-0.4, -0.2) is 42.0 Å². The number of fused-ring (bicyclic) bond motifs is 3. The van der Waals surface area contributed by atoms with E-state index in [4.69, 9.17) is 9.72 Å². The number of thiophene rings is 1. The molecule has 0 bridgehead atoms. The predicted molar refractivity (Wildman–Crippen MR) is 131 cm³/mol. The molecular formula is C26H26N4O3S. The maximum atomic E-state index is 13.2. The van der Waals surface area contributed by atoms with E-state index in [2.05, 4.69) is 23.2 Å². The van der Waals surface area contributed by atoms with Crippen LogP contribution in [0.25, 0.3) is 10.9 Å². The first-order valence-electron chi connectivity index (χ1n) is 11.5. The Morgan fingerprint density at radius 3 is 2.94 bits per heavy atom. The van der Waals surface area contributed by atoms with Gasteiger partial charge >= 0.3 is 5.97 Å². The van der Waals surface area contributed by atoms with Crippen LogP contribution >= 0.6 is 11.3 Å². The van der Waals surface area contributed by atoms with E-state index in [0.29, 0.717) is 28.6 Å². The molecule has 1 aromatic carbocycles. The summed E-state index contributed by atoms with van der Waals surface area (Å²) in [6, 6.07) is 9.77. The highest BCUT2D eigenvalue weighted by Crippen LogP contribution is 2.39. The summed E-state index contributed by atoms with van der Waals surface area (Å²) in [5.74, 6) is -0.400. The molecule has 1 amide bonds. The summed E-state index contributed by atoms with van der Waals surface area (Å²) in [7, 11) is 2.01. The Bertz CT molecular complexity index is 1340. The topological polar surface area (TPSA) is 95.3 Å². The molecular weight excluding hydrogens is 448 g/mol. The number of carbonyl (C=O) groups is 2. The second kappa shape index (κ2) is 9.16. The van der Waals surface area contributed by atoms with Crippen molar-refractivity contribution >= 4 is 39.1 Å². The minimum atomic E-state index is -0.528. The summed E-state index contributed by atoms with van der Waals surface area (Å²) in [6.07, 6.45) is 3.59. The molecule has 2 aliphatic rings. The highest BCUT2D eigenvalue weighted by atomic mass is 32.1. The minimum Gasteiger partial charge on any atom is -0.452 e. The molecule has 0 fully saturated rings. The predicted octanol–water partition coefficient (Wildman–Crippen LogP) is 4.08. The quantitative estimate of drug-likeness (QED) is 0.573. The summed E-state index contributed by atoms with van der Waals surface area (Å²) < 4.78 is 5.49. The van der Waals surface area contributed by atoms with Crippen LogP contribution in [0.15, 0.2) is 24.3 Å². The largest absolute Gasteiger partial charge is 0.452 e. The van der Waals surface area contributed by atoms with Crippen molar-refractivity contribution in [2.24, 2.45) is 5.92 Å². The number of ether oxygens (including phenoxy) is 1.